The topological polar surface area (TPSA) is 38.4 Å². The van der Waals surface area contributed by atoms with Gasteiger partial charge in [0.25, 0.3) is 5.91 Å². The summed E-state index contributed by atoms with van der Waals surface area (Å²) in [6, 6.07) is 22.1. The van der Waals surface area contributed by atoms with Crippen LogP contribution in [0.4, 0.5) is 0 Å². The minimum atomic E-state index is -0.0349. The second kappa shape index (κ2) is 8.23. The Labute approximate surface area is 170 Å². The Bertz CT molecular complexity index is 1120. The van der Waals surface area contributed by atoms with E-state index in [0.29, 0.717) is 25.3 Å². The first-order valence-corrected chi connectivity index (χ1v) is 9.72. The maximum Gasteiger partial charge on any atom is 0.271 e. The molecule has 0 N–H and O–H groups in total. The average Bonchev–Trinajstić information content (AvgIpc) is 3.32. The van der Waals surface area contributed by atoms with Gasteiger partial charge in [0.05, 0.1) is 11.8 Å². The van der Waals surface area contributed by atoms with Crippen LogP contribution in [0.25, 0.3) is 11.1 Å². The molecule has 0 unspecified atom stereocenters. The van der Waals surface area contributed by atoms with E-state index < -0.39 is 0 Å². The van der Waals surface area contributed by atoms with E-state index in [1.807, 2.05) is 51.9 Å². The first-order chi connectivity index (χ1) is 14.2. The van der Waals surface area contributed by atoms with Crippen LogP contribution in [0.2, 0.25) is 0 Å². The van der Waals surface area contributed by atoms with Crippen molar-refractivity contribution in [3.05, 3.63) is 108 Å². The highest BCUT2D eigenvalue weighted by Crippen LogP contribution is 2.24. The molecule has 0 aliphatic rings. The van der Waals surface area contributed by atoms with Crippen molar-refractivity contribution in [1.82, 2.24) is 9.47 Å². The van der Waals surface area contributed by atoms with Crippen molar-refractivity contribution in [2.45, 2.75) is 20.0 Å². The van der Waals surface area contributed by atoms with Gasteiger partial charge in [-0.1, -0.05) is 66.2 Å². The van der Waals surface area contributed by atoms with Crippen LogP contribution in [0, 0.1) is 6.92 Å². The number of carbonyl (C=O) groups is 1. The fraction of sp³-hybridized carbons (Fsp3) is 0.160. The Hall–Kier alpha value is -3.53. The smallest absolute Gasteiger partial charge is 0.271 e. The number of furan rings is 1. The molecule has 0 spiro atoms. The maximum absolute atomic E-state index is 13.5. The van der Waals surface area contributed by atoms with Crippen LogP contribution >= 0.6 is 0 Å². The number of aryl methyl sites for hydroxylation is 1. The van der Waals surface area contributed by atoms with Crippen molar-refractivity contribution in [2.24, 2.45) is 0 Å². The second-order valence-corrected chi connectivity index (χ2v) is 7.23. The normalized spacial score (nSPS) is 10.9. The molecule has 0 bridgehead atoms. The third-order valence-corrected chi connectivity index (χ3v) is 5.06. The fourth-order valence-corrected chi connectivity index (χ4v) is 3.54. The van der Waals surface area contributed by atoms with Crippen LogP contribution in [-0.2, 0) is 13.1 Å². The Morgan fingerprint density at radius 1 is 1.07 bits per heavy atom. The lowest BCUT2D eigenvalue weighted by Crippen LogP contribution is -2.32. The quantitative estimate of drug-likeness (QED) is 0.399. The molecule has 2 heterocycles. The Balaban J connectivity index is 1.69. The van der Waals surface area contributed by atoms with Gasteiger partial charge in [-0.15, -0.1) is 6.58 Å². The number of fused-ring (bicyclic) bond motifs is 1. The van der Waals surface area contributed by atoms with Gasteiger partial charge in [0.1, 0.15) is 5.69 Å². The number of hydrogen-bond acceptors (Lipinski definition) is 2. The summed E-state index contributed by atoms with van der Waals surface area (Å²) < 4.78 is 7.63. The van der Waals surface area contributed by atoms with E-state index in [4.69, 9.17) is 4.42 Å². The third kappa shape index (κ3) is 4.02. The fourth-order valence-electron chi connectivity index (χ4n) is 3.54. The molecule has 4 rings (SSSR count). The van der Waals surface area contributed by atoms with Gasteiger partial charge in [0, 0.05) is 31.8 Å². The first-order valence-electron chi connectivity index (χ1n) is 9.72. The minimum absolute atomic E-state index is 0.0349. The van der Waals surface area contributed by atoms with Crippen LogP contribution < -0.4 is 0 Å². The molecule has 4 heteroatoms. The van der Waals surface area contributed by atoms with Crippen molar-refractivity contribution in [2.75, 3.05) is 6.54 Å². The van der Waals surface area contributed by atoms with Crippen molar-refractivity contribution < 1.29 is 9.21 Å². The summed E-state index contributed by atoms with van der Waals surface area (Å²) >= 11 is 0. The highest BCUT2D eigenvalue weighted by molar-refractivity contribution is 5.97. The molecule has 1 amide bonds. The van der Waals surface area contributed by atoms with Gasteiger partial charge in [0.15, 0.2) is 5.58 Å². The molecule has 29 heavy (non-hydrogen) atoms. The van der Waals surface area contributed by atoms with Crippen molar-refractivity contribution in [3.8, 4) is 0 Å². The molecule has 2 aromatic carbocycles. The van der Waals surface area contributed by atoms with E-state index in [9.17, 15) is 4.79 Å². The average molecular weight is 384 g/mol. The molecule has 0 saturated carbocycles. The first kappa shape index (κ1) is 18.8. The van der Waals surface area contributed by atoms with Crippen LogP contribution in [0.15, 0.2) is 90.1 Å². The summed E-state index contributed by atoms with van der Waals surface area (Å²) in [4.78, 5) is 15.3. The highest BCUT2D eigenvalue weighted by Gasteiger charge is 2.22. The number of hydrogen-bond donors (Lipinski definition) is 0. The Morgan fingerprint density at radius 3 is 2.55 bits per heavy atom. The number of aromatic nitrogens is 1. The van der Waals surface area contributed by atoms with Gasteiger partial charge in [-0.2, -0.15) is 0 Å². The zero-order valence-electron chi connectivity index (χ0n) is 16.5. The van der Waals surface area contributed by atoms with E-state index in [1.165, 1.54) is 5.56 Å². The Kier molecular flexibility index (Phi) is 5.34. The molecule has 0 saturated heterocycles. The van der Waals surface area contributed by atoms with E-state index in [2.05, 4.69) is 37.8 Å². The highest BCUT2D eigenvalue weighted by atomic mass is 16.3. The standard InChI is InChI=1S/C25H24N2O2/c1-3-14-26(17-20-7-5-4-6-8-20)25(28)23-16-24-22(13-15-29-24)27(23)18-21-11-9-19(2)10-12-21/h3-13,15-16H,1,14,17-18H2,2H3. The van der Waals surface area contributed by atoms with Crippen molar-refractivity contribution in [1.29, 1.82) is 0 Å². The van der Waals surface area contributed by atoms with E-state index in [0.717, 1.165) is 22.2 Å². The lowest BCUT2D eigenvalue weighted by Gasteiger charge is -2.22. The molecule has 0 aliphatic carbocycles. The van der Waals surface area contributed by atoms with Gasteiger partial charge in [-0.05, 0) is 18.1 Å². The van der Waals surface area contributed by atoms with Crippen molar-refractivity contribution in [3.63, 3.8) is 0 Å². The lowest BCUT2D eigenvalue weighted by atomic mass is 10.1. The minimum Gasteiger partial charge on any atom is -0.463 e. The lowest BCUT2D eigenvalue weighted by molar-refractivity contribution is 0.0752. The zero-order chi connectivity index (χ0) is 20.2. The largest absolute Gasteiger partial charge is 0.463 e. The number of amides is 1. The van der Waals surface area contributed by atoms with E-state index in [-0.39, 0.29) is 5.91 Å². The molecule has 4 nitrogen and oxygen atoms in total. The number of benzene rings is 2. The van der Waals surface area contributed by atoms with Gasteiger partial charge in [-0.3, -0.25) is 4.79 Å². The summed E-state index contributed by atoms with van der Waals surface area (Å²) in [5.41, 5.74) is 5.71. The SMILES string of the molecule is C=CCN(Cc1ccccc1)C(=O)c1cc2occc2n1Cc1ccc(C)cc1. The summed E-state index contributed by atoms with van der Waals surface area (Å²) in [6.07, 6.45) is 3.42. The van der Waals surface area contributed by atoms with Gasteiger partial charge in [0.2, 0.25) is 0 Å². The molecule has 146 valence electrons. The monoisotopic (exact) mass is 384 g/mol. The van der Waals surface area contributed by atoms with Crippen LogP contribution in [0.3, 0.4) is 0 Å². The molecule has 0 aliphatic heterocycles. The molecule has 0 atom stereocenters. The summed E-state index contributed by atoms with van der Waals surface area (Å²) in [5, 5.41) is 0. The molecule has 4 aromatic rings. The van der Waals surface area contributed by atoms with Gasteiger partial charge >= 0.3 is 0 Å². The predicted molar refractivity (Wildman–Crippen MR) is 116 cm³/mol. The van der Waals surface area contributed by atoms with Crippen LogP contribution in [0.5, 0.6) is 0 Å². The van der Waals surface area contributed by atoms with Crippen LogP contribution in [-0.4, -0.2) is 21.9 Å². The zero-order valence-corrected chi connectivity index (χ0v) is 16.5. The number of carbonyl (C=O) groups excluding carboxylic acids is 1. The summed E-state index contributed by atoms with van der Waals surface area (Å²) in [6.45, 7) is 7.52. The number of rotatable bonds is 7. The molecule has 2 aromatic heterocycles. The number of nitrogens with zero attached hydrogens (tertiary/aromatic N) is 2. The Morgan fingerprint density at radius 2 is 1.83 bits per heavy atom. The molecular formula is C25H24N2O2. The molecule has 0 radical (unpaired) electrons. The van der Waals surface area contributed by atoms with E-state index >= 15 is 0 Å². The van der Waals surface area contributed by atoms with E-state index in [1.54, 1.807) is 12.3 Å². The van der Waals surface area contributed by atoms with Crippen molar-refractivity contribution >= 4 is 17.0 Å². The second-order valence-electron chi connectivity index (χ2n) is 7.23. The third-order valence-electron chi connectivity index (χ3n) is 5.06. The maximum atomic E-state index is 13.5. The summed E-state index contributed by atoms with van der Waals surface area (Å²) in [7, 11) is 0. The molecule has 0 fully saturated rings. The predicted octanol–water partition coefficient (Wildman–Crippen LogP) is 5.42. The summed E-state index contributed by atoms with van der Waals surface area (Å²) in [5.74, 6) is -0.0349. The molecular weight excluding hydrogens is 360 g/mol. The van der Waals surface area contributed by atoms with Crippen LogP contribution in [0.1, 0.15) is 27.2 Å². The van der Waals surface area contributed by atoms with Gasteiger partial charge in [-0.25, -0.2) is 0 Å². The van der Waals surface area contributed by atoms with Gasteiger partial charge < -0.3 is 13.9 Å².